The van der Waals surface area contributed by atoms with Gasteiger partial charge in [0, 0.05) is 0 Å². The average Bonchev–Trinajstić information content (AvgIpc) is 2.45. The Morgan fingerprint density at radius 1 is 1.50 bits per heavy atom. The molecule has 0 fully saturated rings. The third kappa shape index (κ3) is 2.75. The van der Waals surface area contributed by atoms with Gasteiger partial charge in [-0.25, -0.2) is 4.79 Å². The highest BCUT2D eigenvalue weighted by atomic mass is 16.5. The van der Waals surface area contributed by atoms with Crippen LogP contribution in [0.1, 0.15) is 19.8 Å². The molecule has 2 unspecified atom stereocenters. The lowest BCUT2D eigenvalue weighted by Crippen LogP contribution is -2.52. The van der Waals surface area contributed by atoms with E-state index in [2.05, 4.69) is 0 Å². The molecule has 1 aliphatic rings. The second-order valence-electron chi connectivity index (χ2n) is 4.76. The molecule has 20 heavy (non-hydrogen) atoms. The average molecular weight is 278 g/mol. The van der Waals surface area contributed by atoms with Crippen molar-refractivity contribution in [1.29, 1.82) is 0 Å². The van der Waals surface area contributed by atoms with Crippen LogP contribution in [0.15, 0.2) is 24.3 Å². The van der Waals surface area contributed by atoms with Crippen LogP contribution in [0.4, 0.5) is 5.69 Å². The summed E-state index contributed by atoms with van der Waals surface area (Å²) in [5, 5.41) is 9.11. The summed E-state index contributed by atoms with van der Waals surface area (Å²) < 4.78 is 5.38. The number of rotatable bonds is 4. The summed E-state index contributed by atoms with van der Waals surface area (Å²) >= 11 is 0. The fraction of sp³-hybridized carbons (Fsp3) is 0.429. The number of hydrogen-bond acceptors (Lipinski definition) is 4. The molecule has 2 atom stereocenters. The van der Waals surface area contributed by atoms with Gasteiger partial charge in [0.15, 0.2) is 0 Å². The zero-order valence-electron chi connectivity index (χ0n) is 11.3. The Bertz CT molecular complexity index is 518. The topological polar surface area (TPSA) is 92.9 Å². The molecule has 1 heterocycles. The zero-order chi connectivity index (χ0) is 14.7. The lowest BCUT2D eigenvalue weighted by molar-refractivity contribution is -0.145. The first-order chi connectivity index (χ1) is 9.54. The predicted molar refractivity (Wildman–Crippen MR) is 73.7 cm³/mol. The van der Waals surface area contributed by atoms with Crippen LogP contribution < -0.4 is 15.4 Å². The van der Waals surface area contributed by atoms with Crippen molar-refractivity contribution >= 4 is 17.6 Å². The van der Waals surface area contributed by atoms with Gasteiger partial charge in [-0.1, -0.05) is 25.5 Å². The SMILES string of the molecule is CCCC(N)C(=O)N1CC(C(=O)O)Oc2ccccc21. The van der Waals surface area contributed by atoms with Crippen molar-refractivity contribution in [1.82, 2.24) is 0 Å². The number of benzene rings is 1. The van der Waals surface area contributed by atoms with Crippen molar-refractivity contribution < 1.29 is 19.4 Å². The minimum Gasteiger partial charge on any atom is -0.478 e. The molecule has 0 aliphatic carbocycles. The normalized spacial score (nSPS) is 18.9. The molecule has 108 valence electrons. The predicted octanol–water partition coefficient (Wildman–Crippen LogP) is 0.993. The standard InChI is InChI=1S/C14H18N2O4/c1-2-5-9(15)13(17)16-8-12(14(18)19)20-11-7-4-3-6-10(11)16/h3-4,6-7,9,12H,2,5,8,15H2,1H3,(H,18,19). The number of carbonyl (C=O) groups is 2. The lowest BCUT2D eigenvalue weighted by Gasteiger charge is -2.34. The Kier molecular flexibility index (Phi) is 4.24. The van der Waals surface area contributed by atoms with Gasteiger partial charge < -0.3 is 20.5 Å². The summed E-state index contributed by atoms with van der Waals surface area (Å²) in [7, 11) is 0. The number of carbonyl (C=O) groups excluding carboxylic acids is 1. The summed E-state index contributed by atoms with van der Waals surface area (Å²) in [4.78, 5) is 24.9. The van der Waals surface area contributed by atoms with E-state index in [1.165, 1.54) is 4.90 Å². The van der Waals surface area contributed by atoms with E-state index in [-0.39, 0.29) is 12.5 Å². The van der Waals surface area contributed by atoms with E-state index in [1.54, 1.807) is 24.3 Å². The molecule has 0 spiro atoms. The maximum atomic E-state index is 12.4. The van der Waals surface area contributed by atoms with Crippen molar-refractivity contribution in [2.24, 2.45) is 5.73 Å². The Hall–Kier alpha value is -2.08. The van der Waals surface area contributed by atoms with Gasteiger partial charge in [0.05, 0.1) is 18.3 Å². The number of nitrogens with zero attached hydrogens (tertiary/aromatic N) is 1. The van der Waals surface area contributed by atoms with E-state index in [1.807, 2.05) is 6.92 Å². The highest BCUT2D eigenvalue weighted by Crippen LogP contribution is 2.33. The van der Waals surface area contributed by atoms with Gasteiger partial charge in [-0.05, 0) is 18.6 Å². The number of ether oxygens (including phenoxy) is 1. The lowest BCUT2D eigenvalue weighted by atomic mass is 10.1. The van der Waals surface area contributed by atoms with Gasteiger partial charge in [-0.2, -0.15) is 0 Å². The van der Waals surface area contributed by atoms with Crippen molar-refractivity contribution in [3.63, 3.8) is 0 Å². The fourth-order valence-corrected chi connectivity index (χ4v) is 2.21. The molecule has 0 radical (unpaired) electrons. The van der Waals surface area contributed by atoms with Crippen LogP contribution in [0.3, 0.4) is 0 Å². The maximum absolute atomic E-state index is 12.4. The van der Waals surface area contributed by atoms with Crippen LogP contribution in [0, 0.1) is 0 Å². The third-order valence-corrected chi connectivity index (χ3v) is 3.23. The van der Waals surface area contributed by atoms with Crippen LogP contribution in [0.25, 0.3) is 0 Å². The van der Waals surface area contributed by atoms with E-state index in [0.717, 1.165) is 6.42 Å². The molecule has 0 saturated carbocycles. The molecule has 0 bridgehead atoms. The van der Waals surface area contributed by atoms with Crippen molar-refractivity contribution in [2.75, 3.05) is 11.4 Å². The molecule has 6 heteroatoms. The van der Waals surface area contributed by atoms with Crippen LogP contribution in [-0.2, 0) is 9.59 Å². The largest absolute Gasteiger partial charge is 0.478 e. The summed E-state index contributed by atoms with van der Waals surface area (Å²) in [5.41, 5.74) is 6.43. The summed E-state index contributed by atoms with van der Waals surface area (Å²) in [5.74, 6) is -0.974. The quantitative estimate of drug-likeness (QED) is 0.856. The molecule has 1 aromatic carbocycles. The maximum Gasteiger partial charge on any atom is 0.346 e. The number of fused-ring (bicyclic) bond motifs is 1. The number of anilines is 1. The molecule has 1 amide bonds. The first-order valence-electron chi connectivity index (χ1n) is 6.60. The summed E-state index contributed by atoms with van der Waals surface area (Å²) in [6.45, 7) is 1.92. The Balaban J connectivity index is 2.31. The van der Waals surface area contributed by atoms with Gasteiger partial charge in [0.25, 0.3) is 0 Å². The van der Waals surface area contributed by atoms with Crippen LogP contribution in [0.2, 0.25) is 0 Å². The highest BCUT2D eigenvalue weighted by Gasteiger charge is 2.35. The van der Waals surface area contributed by atoms with Gasteiger partial charge in [0.1, 0.15) is 5.75 Å². The molecule has 3 N–H and O–H groups in total. The first kappa shape index (κ1) is 14.3. The van der Waals surface area contributed by atoms with E-state index in [4.69, 9.17) is 15.6 Å². The van der Waals surface area contributed by atoms with Crippen LogP contribution in [-0.4, -0.2) is 35.7 Å². The van der Waals surface area contributed by atoms with Gasteiger partial charge in [0.2, 0.25) is 12.0 Å². The smallest absolute Gasteiger partial charge is 0.346 e. The Morgan fingerprint density at radius 2 is 2.20 bits per heavy atom. The summed E-state index contributed by atoms with van der Waals surface area (Å²) in [6, 6.07) is 6.26. The van der Waals surface area contributed by atoms with E-state index in [0.29, 0.717) is 17.9 Å². The van der Waals surface area contributed by atoms with Crippen LogP contribution >= 0.6 is 0 Å². The van der Waals surface area contributed by atoms with Gasteiger partial charge in [-0.3, -0.25) is 4.79 Å². The van der Waals surface area contributed by atoms with E-state index >= 15 is 0 Å². The number of para-hydroxylation sites is 2. The Labute approximate surface area is 117 Å². The molecular formula is C14H18N2O4. The second-order valence-corrected chi connectivity index (χ2v) is 4.76. The molecule has 1 aliphatic heterocycles. The van der Waals surface area contributed by atoms with E-state index in [9.17, 15) is 9.59 Å². The number of carboxylic acids is 1. The Morgan fingerprint density at radius 3 is 2.85 bits per heavy atom. The zero-order valence-corrected chi connectivity index (χ0v) is 11.3. The number of aliphatic carboxylic acids is 1. The third-order valence-electron chi connectivity index (χ3n) is 3.23. The molecular weight excluding hydrogens is 260 g/mol. The molecule has 0 aromatic heterocycles. The minimum atomic E-state index is -1.10. The minimum absolute atomic E-state index is 0.0252. The number of hydrogen-bond donors (Lipinski definition) is 2. The fourth-order valence-electron chi connectivity index (χ4n) is 2.21. The molecule has 2 rings (SSSR count). The molecule has 0 saturated heterocycles. The van der Waals surface area contributed by atoms with Crippen molar-refractivity contribution in [2.45, 2.75) is 31.9 Å². The number of carboxylic acid groups (broad SMARTS) is 1. The van der Waals surface area contributed by atoms with Gasteiger partial charge >= 0.3 is 5.97 Å². The van der Waals surface area contributed by atoms with Gasteiger partial charge in [-0.15, -0.1) is 0 Å². The summed E-state index contributed by atoms with van der Waals surface area (Å²) in [6.07, 6.45) is 0.292. The van der Waals surface area contributed by atoms with Crippen LogP contribution in [0.5, 0.6) is 5.75 Å². The van der Waals surface area contributed by atoms with Crippen molar-refractivity contribution in [3.8, 4) is 5.75 Å². The number of nitrogens with two attached hydrogens (primary N) is 1. The van der Waals surface area contributed by atoms with E-state index < -0.39 is 18.1 Å². The number of amides is 1. The monoisotopic (exact) mass is 278 g/mol. The highest BCUT2D eigenvalue weighted by molar-refractivity contribution is 5.99. The molecule has 6 nitrogen and oxygen atoms in total. The second kappa shape index (κ2) is 5.92. The molecule has 1 aromatic rings. The van der Waals surface area contributed by atoms with Crippen molar-refractivity contribution in [3.05, 3.63) is 24.3 Å². The first-order valence-corrected chi connectivity index (χ1v) is 6.60.